The second kappa shape index (κ2) is 6.71. The van der Waals surface area contributed by atoms with Gasteiger partial charge in [0.15, 0.2) is 11.5 Å². The van der Waals surface area contributed by atoms with E-state index >= 15 is 0 Å². The standard InChI is InChI=1S/C20H19NO5/c22-19(21-11-12-1-3-13(4-2-12)20(23)24)16-10-15(16)14-5-6-17-18(9-14)26-8-7-25-17/h1-6,9,15-16H,7-8,10-11H2,(H,21,22)(H,23,24). The van der Waals surface area contributed by atoms with Crippen LogP contribution in [0.1, 0.15) is 33.8 Å². The second-order valence-electron chi connectivity index (χ2n) is 6.57. The van der Waals surface area contributed by atoms with Crippen molar-refractivity contribution >= 4 is 11.9 Å². The number of carboxylic acids is 1. The molecule has 2 aromatic rings. The third-order valence-electron chi connectivity index (χ3n) is 4.79. The van der Waals surface area contributed by atoms with Gasteiger partial charge in [0.1, 0.15) is 13.2 Å². The lowest BCUT2D eigenvalue weighted by molar-refractivity contribution is -0.122. The average Bonchev–Trinajstić information content (AvgIpc) is 3.47. The lowest BCUT2D eigenvalue weighted by atomic mass is 10.1. The quantitative estimate of drug-likeness (QED) is 0.863. The summed E-state index contributed by atoms with van der Waals surface area (Å²) in [4.78, 5) is 23.2. The van der Waals surface area contributed by atoms with Crippen LogP contribution in [-0.2, 0) is 11.3 Å². The molecule has 0 radical (unpaired) electrons. The Labute approximate surface area is 150 Å². The lowest BCUT2D eigenvalue weighted by Gasteiger charge is -2.18. The van der Waals surface area contributed by atoms with Crippen LogP contribution in [0, 0.1) is 5.92 Å². The number of rotatable bonds is 5. The number of nitrogens with one attached hydrogen (secondary N) is 1. The number of benzene rings is 2. The van der Waals surface area contributed by atoms with Gasteiger partial charge in [-0.3, -0.25) is 4.79 Å². The van der Waals surface area contributed by atoms with Gasteiger partial charge in [-0.05, 0) is 47.7 Å². The van der Waals surface area contributed by atoms with Crippen molar-refractivity contribution in [3.63, 3.8) is 0 Å². The minimum absolute atomic E-state index is 0.0206. The first-order valence-corrected chi connectivity index (χ1v) is 8.61. The third-order valence-corrected chi connectivity index (χ3v) is 4.79. The topological polar surface area (TPSA) is 84.9 Å². The number of hydrogen-bond acceptors (Lipinski definition) is 4. The van der Waals surface area contributed by atoms with E-state index in [1.165, 1.54) is 0 Å². The molecule has 134 valence electrons. The third kappa shape index (κ3) is 3.35. The van der Waals surface area contributed by atoms with Crippen molar-refractivity contribution in [2.24, 2.45) is 5.92 Å². The Balaban J connectivity index is 1.33. The van der Waals surface area contributed by atoms with Crippen LogP contribution in [-0.4, -0.2) is 30.2 Å². The van der Waals surface area contributed by atoms with E-state index in [-0.39, 0.29) is 23.3 Å². The van der Waals surface area contributed by atoms with E-state index in [1.807, 2.05) is 18.2 Å². The summed E-state index contributed by atoms with van der Waals surface area (Å²) < 4.78 is 11.1. The number of carboxylic acid groups (broad SMARTS) is 1. The van der Waals surface area contributed by atoms with Crippen LogP contribution >= 0.6 is 0 Å². The number of amides is 1. The van der Waals surface area contributed by atoms with Gasteiger partial charge in [-0.1, -0.05) is 18.2 Å². The van der Waals surface area contributed by atoms with Crippen LogP contribution in [0.5, 0.6) is 11.5 Å². The molecule has 2 atom stereocenters. The minimum Gasteiger partial charge on any atom is -0.486 e. The normalized spacial score (nSPS) is 20.3. The molecule has 4 rings (SSSR count). The van der Waals surface area contributed by atoms with Crippen LogP contribution in [0.3, 0.4) is 0 Å². The molecule has 1 fully saturated rings. The van der Waals surface area contributed by atoms with Gasteiger partial charge in [-0.2, -0.15) is 0 Å². The summed E-state index contributed by atoms with van der Waals surface area (Å²) in [7, 11) is 0. The predicted molar refractivity (Wildman–Crippen MR) is 93.5 cm³/mol. The first-order chi connectivity index (χ1) is 12.6. The van der Waals surface area contributed by atoms with Gasteiger partial charge < -0.3 is 19.9 Å². The average molecular weight is 353 g/mol. The minimum atomic E-state index is -0.958. The summed E-state index contributed by atoms with van der Waals surface area (Å²) in [5, 5.41) is 11.8. The van der Waals surface area contributed by atoms with E-state index < -0.39 is 5.97 Å². The molecule has 1 aliphatic heterocycles. The van der Waals surface area contributed by atoms with Gasteiger partial charge in [0.25, 0.3) is 0 Å². The molecule has 2 aromatic carbocycles. The Morgan fingerprint density at radius 2 is 1.77 bits per heavy atom. The highest BCUT2D eigenvalue weighted by atomic mass is 16.6. The summed E-state index contributed by atoms with van der Waals surface area (Å²) in [6.45, 7) is 1.50. The van der Waals surface area contributed by atoms with E-state index in [0.29, 0.717) is 19.8 Å². The summed E-state index contributed by atoms with van der Waals surface area (Å²) >= 11 is 0. The molecule has 0 saturated heterocycles. The molecule has 1 saturated carbocycles. The number of carbonyl (C=O) groups is 2. The van der Waals surface area contributed by atoms with E-state index in [4.69, 9.17) is 14.6 Å². The molecule has 2 aliphatic rings. The summed E-state index contributed by atoms with van der Waals surface area (Å²) in [5.41, 5.74) is 2.21. The van der Waals surface area contributed by atoms with Gasteiger partial charge in [-0.15, -0.1) is 0 Å². The zero-order chi connectivity index (χ0) is 18.1. The molecule has 1 aliphatic carbocycles. The fraction of sp³-hybridized carbons (Fsp3) is 0.300. The smallest absolute Gasteiger partial charge is 0.335 e. The first kappa shape index (κ1) is 16.4. The highest BCUT2D eigenvalue weighted by molar-refractivity contribution is 5.87. The fourth-order valence-electron chi connectivity index (χ4n) is 3.23. The van der Waals surface area contributed by atoms with Crippen LogP contribution in [0.2, 0.25) is 0 Å². The van der Waals surface area contributed by atoms with E-state index in [0.717, 1.165) is 29.0 Å². The highest BCUT2D eigenvalue weighted by Gasteiger charge is 2.44. The molecule has 2 N–H and O–H groups in total. The van der Waals surface area contributed by atoms with Crippen molar-refractivity contribution in [3.05, 3.63) is 59.2 Å². The molecule has 0 spiro atoms. The van der Waals surface area contributed by atoms with Crippen molar-refractivity contribution in [2.45, 2.75) is 18.9 Å². The largest absolute Gasteiger partial charge is 0.486 e. The van der Waals surface area contributed by atoms with Gasteiger partial charge in [0, 0.05) is 12.5 Å². The zero-order valence-electron chi connectivity index (χ0n) is 14.1. The fourth-order valence-corrected chi connectivity index (χ4v) is 3.23. The van der Waals surface area contributed by atoms with E-state index in [2.05, 4.69) is 5.32 Å². The van der Waals surface area contributed by atoms with Crippen molar-refractivity contribution in [2.75, 3.05) is 13.2 Å². The maximum absolute atomic E-state index is 12.4. The van der Waals surface area contributed by atoms with Crippen molar-refractivity contribution < 1.29 is 24.2 Å². The molecule has 26 heavy (non-hydrogen) atoms. The number of carbonyl (C=O) groups excluding carboxylic acids is 1. The van der Waals surface area contributed by atoms with Crippen LogP contribution in [0.25, 0.3) is 0 Å². The van der Waals surface area contributed by atoms with Gasteiger partial charge in [0.05, 0.1) is 5.56 Å². The number of fused-ring (bicyclic) bond motifs is 1. The van der Waals surface area contributed by atoms with Gasteiger partial charge >= 0.3 is 5.97 Å². The Bertz CT molecular complexity index is 846. The molecular weight excluding hydrogens is 334 g/mol. The van der Waals surface area contributed by atoms with Gasteiger partial charge in [-0.25, -0.2) is 4.79 Å². The number of ether oxygens (including phenoxy) is 2. The Morgan fingerprint density at radius 3 is 2.50 bits per heavy atom. The molecule has 0 bridgehead atoms. The van der Waals surface area contributed by atoms with Gasteiger partial charge in [0.2, 0.25) is 5.91 Å². The summed E-state index contributed by atoms with van der Waals surface area (Å²) in [6.07, 6.45) is 0.823. The molecule has 2 unspecified atom stereocenters. The number of hydrogen-bond donors (Lipinski definition) is 2. The maximum atomic E-state index is 12.4. The molecule has 6 heteroatoms. The first-order valence-electron chi connectivity index (χ1n) is 8.61. The molecule has 1 heterocycles. The maximum Gasteiger partial charge on any atom is 0.335 e. The number of aromatic carboxylic acids is 1. The van der Waals surface area contributed by atoms with Crippen molar-refractivity contribution in [1.82, 2.24) is 5.32 Å². The monoisotopic (exact) mass is 353 g/mol. The predicted octanol–water partition coefficient (Wildman–Crippen LogP) is 2.58. The second-order valence-corrected chi connectivity index (χ2v) is 6.57. The molecule has 6 nitrogen and oxygen atoms in total. The molecule has 1 amide bonds. The SMILES string of the molecule is O=C(O)c1ccc(CNC(=O)C2CC2c2ccc3c(c2)OCCO3)cc1. The van der Waals surface area contributed by atoms with Crippen LogP contribution in [0.15, 0.2) is 42.5 Å². The van der Waals surface area contributed by atoms with Crippen molar-refractivity contribution in [3.8, 4) is 11.5 Å². The Morgan fingerprint density at radius 1 is 1.04 bits per heavy atom. The molecular formula is C20H19NO5. The highest BCUT2D eigenvalue weighted by Crippen LogP contribution is 2.49. The summed E-state index contributed by atoms with van der Waals surface area (Å²) in [6, 6.07) is 12.4. The molecule has 0 aromatic heterocycles. The van der Waals surface area contributed by atoms with Crippen LogP contribution in [0.4, 0.5) is 0 Å². The summed E-state index contributed by atoms with van der Waals surface area (Å²) in [5.74, 6) is 0.744. The zero-order valence-corrected chi connectivity index (χ0v) is 14.1. The van der Waals surface area contributed by atoms with E-state index in [1.54, 1.807) is 24.3 Å². The Kier molecular flexibility index (Phi) is 4.24. The van der Waals surface area contributed by atoms with Crippen molar-refractivity contribution in [1.29, 1.82) is 0 Å². The van der Waals surface area contributed by atoms with E-state index in [9.17, 15) is 9.59 Å². The lowest BCUT2D eigenvalue weighted by Crippen LogP contribution is -2.24. The Hall–Kier alpha value is -3.02. The van der Waals surface area contributed by atoms with Crippen LogP contribution < -0.4 is 14.8 Å².